The van der Waals surface area contributed by atoms with Crippen molar-refractivity contribution in [2.24, 2.45) is 0 Å². The fraction of sp³-hybridized carbons (Fsp3) is 0.312. The van der Waals surface area contributed by atoms with Gasteiger partial charge in [0.15, 0.2) is 11.4 Å². The van der Waals surface area contributed by atoms with Gasteiger partial charge >= 0.3 is 0 Å². The molecule has 22 heavy (non-hydrogen) atoms. The highest BCUT2D eigenvalue weighted by atomic mass is 16.5. The number of aromatic amines is 1. The van der Waals surface area contributed by atoms with Crippen LogP contribution in [-0.2, 0) is 0 Å². The van der Waals surface area contributed by atoms with E-state index in [4.69, 9.17) is 4.74 Å². The number of rotatable bonds is 2. The molecule has 0 atom stereocenters. The third-order valence-corrected chi connectivity index (χ3v) is 4.04. The minimum Gasteiger partial charge on any atom is -0.487 e. The fourth-order valence-electron chi connectivity index (χ4n) is 2.96. The van der Waals surface area contributed by atoms with Gasteiger partial charge in [-0.2, -0.15) is 5.26 Å². The first-order valence-electron chi connectivity index (χ1n) is 7.39. The van der Waals surface area contributed by atoms with Crippen LogP contribution in [0.5, 0.6) is 5.75 Å². The summed E-state index contributed by atoms with van der Waals surface area (Å²) in [6.45, 7) is 1.87. The summed E-state index contributed by atoms with van der Waals surface area (Å²) >= 11 is 0. The lowest BCUT2D eigenvalue weighted by Crippen LogP contribution is -2.34. The van der Waals surface area contributed by atoms with Gasteiger partial charge in [-0.25, -0.2) is 9.97 Å². The highest BCUT2D eigenvalue weighted by molar-refractivity contribution is 6.09. The zero-order chi connectivity index (χ0) is 14.9. The van der Waals surface area contributed by atoms with Gasteiger partial charge in [0, 0.05) is 11.6 Å². The van der Waals surface area contributed by atoms with Crippen molar-refractivity contribution in [3.8, 4) is 11.8 Å². The summed E-state index contributed by atoms with van der Waals surface area (Å²) in [6, 6.07) is 6.01. The van der Waals surface area contributed by atoms with Gasteiger partial charge in [-0.3, -0.25) is 0 Å². The molecule has 0 spiro atoms. The molecular weight excluding hydrogens is 278 g/mol. The van der Waals surface area contributed by atoms with E-state index in [-0.39, 0.29) is 6.10 Å². The molecule has 2 N–H and O–H groups in total. The Morgan fingerprint density at radius 3 is 2.95 bits per heavy atom. The summed E-state index contributed by atoms with van der Waals surface area (Å²) in [5.41, 5.74) is 1.96. The van der Waals surface area contributed by atoms with Crippen LogP contribution < -0.4 is 10.1 Å². The van der Waals surface area contributed by atoms with Crippen molar-refractivity contribution in [1.82, 2.24) is 20.3 Å². The van der Waals surface area contributed by atoms with Crippen molar-refractivity contribution in [3.05, 3.63) is 30.2 Å². The van der Waals surface area contributed by atoms with E-state index in [1.807, 2.05) is 12.1 Å². The maximum Gasteiger partial charge on any atom is 0.183 e. The number of nitrogens with one attached hydrogen (secondary N) is 2. The lowest BCUT2D eigenvalue weighted by atomic mass is 10.1. The van der Waals surface area contributed by atoms with Crippen molar-refractivity contribution in [2.75, 3.05) is 13.1 Å². The summed E-state index contributed by atoms with van der Waals surface area (Å²) < 4.78 is 6.18. The van der Waals surface area contributed by atoms with Gasteiger partial charge < -0.3 is 15.0 Å². The van der Waals surface area contributed by atoms with Crippen molar-refractivity contribution in [2.45, 2.75) is 18.9 Å². The molecule has 0 aromatic carbocycles. The number of ether oxygens (including phenoxy) is 1. The van der Waals surface area contributed by atoms with Gasteiger partial charge in [0.25, 0.3) is 0 Å². The molecule has 3 aromatic heterocycles. The highest BCUT2D eigenvalue weighted by Crippen LogP contribution is 2.35. The van der Waals surface area contributed by atoms with E-state index in [2.05, 4.69) is 26.3 Å². The van der Waals surface area contributed by atoms with Crippen LogP contribution >= 0.6 is 0 Å². The maximum atomic E-state index is 9.39. The molecule has 1 aliphatic rings. The summed E-state index contributed by atoms with van der Waals surface area (Å²) in [7, 11) is 0. The minimum atomic E-state index is 0.113. The fourth-order valence-corrected chi connectivity index (χ4v) is 2.96. The smallest absolute Gasteiger partial charge is 0.183 e. The number of pyridine rings is 2. The second kappa shape index (κ2) is 5.28. The number of nitriles is 1. The molecule has 0 bridgehead atoms. The van der Waals surface area contributed by atoms with Crippen LogP contribution in [-0.4, -0.2) is 34.1 Å². The number of hydrogen-bond donors (Lipinski definition) is 2. The molecule has 110 valence electrons. The molecule has 6 heteroatoms. The third kappa shape index (κ3) is 2.07. The first-order valence-corrected chi connectivity index (χ1v) is 7.39. The van der Waals surface area contributed by atoms with Crippen LogP contribution in [0.25, 0.3) is 21.9 Å². The van der Waals surface area contributed by atoms with Gasteiger partial charge in [0.2, 0.25) is 0 Å². The summed E-state index contributed by atoms with van der Waals surface area (Å²) in [4.78, 5) is 11.8. The quantitative estimate of drug-likeness (QED) is 0.755. The molecule has 4 rings (SSSR count). The molecule has 1 aliphatic heterocycles. The molecule has 1 fully saturated rings. The van der Waals surface area contributed by atoms with Gasteiger partial charge in [-0.1, -0.05) is 0 Å². The number of nitrogens with zero attached hydrogens (tertiary/aromatic N) is 3. The number of fused-ring (bicyclic) bond motifs is 3. The monoisotopic (exact) mass is 293 g/mol. The van der Waals surface area contributed by atoms with Crippen LogP contribution in [0.4, 0.5) is 0 Å². The molecule has 0 amide bonds. The second-order valence-electron chi connectivity index (χ2n) is 5.43. The Morgan fingerprint density at radius 2 is 2.14 bits per heavy atom. The lowest BCUT2D eigenvalue weighted by Gasteiger charge is -2.24. The van der Waals surface area contributed by atoms with Crippen LogP contribution in [0.2, 0.25) is 0 Å². The average molecular weight is 293 g/mol. The Labute approximate surface area is 127 Å². The Kier molecular flexibility index (Phi) is 3.13. The highest BCUT2D eigenvalue weighted by Gasteiger charge is 2.21. The molecule has 0 radical (unpaired) electrons. The standard InChI is InChI=1S/C16H15N5O/c17-8-12-15(22-10-3-6-18-7-4-10)14-11-2-1-5-19-16(11)21-13(14)9-20-12/h1-2,5,9-10,18H,3-4,6-7H2,(H,19,21). The van der Waals surface area contributed by atoms with Gasteiger partial charge in [-0.15, -0.1) is 0 Å². The van der Waals surface area contributed by atoms with Gasteiger partial charge in [0.1, 0.15) is 17.8 Å². The number of piperidine rings is 1. The van der Waals surface area contributed by atoms with Crippen molar-refractivity contribution >= 4 is 21.9 Å². The van der Waals surface area contributed by atoms with Crippen LogP contribution in [0.15, 0.2) is 24.5 Å². The predicted octanol–water partition coefficient (Wildman–Crippen LogP) is 2.11. The number of hydrogen-bond acceptors (Lipinski definition) is 5. The molecule has 0 saturated carbocycles. The summed E-state index contributed by atoms with van der Waals surface area (Å²) in [5, 5.41) is 14.6. The van der Waals surface area contributed by atoms with Crippen LogP contribution in [0, 0.1) is 11.3 Å². The molecular formula is C16H15N5O. The lowest BCUT2D eigenvalue weighted by molar-refractivity contribution is 0.163. The maximum absolute atomic E-state index is 9.39. The van der Waals surface area contributed by atoms with E-state index in [1.165, 1.54) is 0 Å². The van der Waals surface area contributed by atoms with E-state index in [0.29, 0.717) is 11.4 Å². The Hall–Kier alpha value is -2.65. The molecule has 1 saturated heterocycles. The van der Waals surface area contributed by atoms with Gasteiger partial charge in [-0.05, 0) is 38.1 Å². The predicted molar refractivity (Wildman–Crippen MR) is 82.6 cm³/mol. The molecule has 0 aliphatic carbocycles. The summed E-state index contributed by atoms with van der Waals surface area (Å²) in [5.74, 6) is 0.575. The third-order valence-electron chi connectivity index (χ3n) is 4.04. The second-order valence-corrected chi connectivity index (χ2v) is 5.43. The minimum absolute atomic E-state index is 0.113. The van der Waals surface area contributed by atoms with Crippen molar-refractivity contribution in [3.63, 3.8) is 0 Å². The van der Waals surface area contributed by atoms with E-state index in [0.717, 1.165) is 47.9 Å². The molecule has 0 unspecified atom stereocenters. The Morgan fingerprint density at radius 1 is 1.27 bits per heavy atom. The van der Waals surface area contributed by atoms with E-state index >= 15 is 0 Å². The topological polar surface area (TPSA) is 86.6 Å². The molecule has 6 nitrogen and oxygen atoms in total. The summed E-state index contributed by atoms with van der Waals surface area (Å²) in [6.07, 6.45) is 5.39. The van der Waals surface area contributed by atoms with E-state index in [1.54, 1.807) is 12.4 Å². The van der Waals surface area contributed by atoms with Crippen LogP contribution in [0.1, 0.15) is 18.5 Å². The molecule has 4 heterocycles. The van der Waals surface area contributed by atoms with E-state index < -0.39 is 0 Å². The zero-order valence-electron chi connectivity index (χ0n) is 12.0. The SMILES string of the molecule is N#Cc1ncc2[nH]c3ncccc3c2c1OC1CCNCC1. The zero-order valence-corrected chi connectivity index (χ0v) is 12.0. The Bertz CT molecular complexity index is 873. The van der Waals surface area contributed by atoms with Crippen LogP contribution in [0.3, 0.4) is 0 Å². The normalized spacial score (nSPS) is 16.0. The number of H-pyrrole nitrogens is 1. The van der Waals surface area contributed by atoms with Gasteiger partial charge in [0.05, 0.1) is 17.1 Å². The average Bonchev–Trinajstić information content (AvgIpc) is 2.95. The van der Waals surface area contributed by atoms with Crippen molar-refractivity contribution in [1.29, 1.82) is 5.26 Å². The first-order chi connectivity index (χ1) is 10.9. The van der Waals surface area contributed by atoms with E-state index in [9.17, 15) is 5.26 Å². The number of aromatic nitrogens is 3. The first kappa shape index (κ1) is 13.0. The largest absolute Gasteiger partial charge is 0.487 e. The van der Waals surface area contributed by atoms with Crippen molar-refractivity contribution < 1.29 is 4.74 Å². The Balaban J connectivity index is 1.91. The molecule has 3 aromatic rings.